The molecule has 1 amide bonds. The summed E-state index contributed by atoms with van der Waals surface area (Å²) in [4.78, 5) is 18.1. The SMILES string of the molecule is COc1cccc(CN2CCCN(C(=O)Cc3cccs3)CC2)c1. The molecule has 2 aromatic rings. The molecule has 1 aliphatic heterocycles. The fourth-order valence-electron chi connectivity index (χ4n) is 3.08. The largest absolute Gasteiger partial charge is 0.497 e. The Labute approximate surface area is 147 Å². The van der Waals surface area contributed by atoms with Crippen LogP contribution in [0.25, 0.3) is 0 Å². The molecule has 1 aromatic heterocycles. The van der Waals surface area contributed by atoms with Gasteiger partial charge in [0.05, 0.1) is 13.5 Å². The van der Waals surface area contributed by atoms with Crippen LogP contribution in [0.4, 0.5) is 0 Å². The van der Waals surface area contributed by atoms with Gasteiger partial charge < -0.3 is 9.64 Å². The molecule has 0 spiro atoms. The molecule has 2 heterocycles. The molecular formula is C19H24N2O2S. The summed E-state index contributed by atoms with van der Waals surface area (Å²) in [7, 11) is 1.70. The summed E-state index contributed by atoms with van der Waals surface area (Å²) in [6.45, 7) is 4.53. The Morgan fingerprint density at radius 2 is 2.08 bits per heavy atom. The molecule has 1 aromatic carbocycles. The highest BCUT2D eigenvalue weighted by Crippen LogP contribution is 2.16. The average Bonchev–Trinajstić information content (AvgIpc) is 2.99. The van der Waals surface area contributed by atoms with E-state index in [2.05, 4.69) is 17.0 Å². The molecule has 128 valence electrons. The minimum atomic E-state index is 0.251. The number of ether oxygens (including phenoxy) is 1. The van der Waals surface area contributed by atoms with Crippen molar-refractivity contribution in [1.29, 1.82) is 0 Å². The number of carbonyl (C=O) groups is 1. The molecule has 3 rings (SSSR count). The van der Waals surface area contributed by atoms with Crippen molar-refractivity contribution in [1.82, 2.24) is 9.80 Å². The first kappa shape index (κ1) is 17.0. The van der Waals surface area contributed by atoms with E-state index in [4.69, 9.17) is 4.74 Å². The van der Waals surface area contributed by atoms with Crippen LogP contribution in [0, 0.1) is 0 Å². The maximum Gasteiger partial charge on any atom is 0.227 e. The topological polar surface area (TPSA) is 32.8 Å². The predicted molar refractivity (Wildman–Crippen MR) is 97.5 cm³/mol. The van der Waals surface area contributed by atoms with E-state index in [9.17, 15) is 4.79 Å². The Morgan fingerprint density at radius 1 is 1.17 bits per heavy atom. The number of thiophene rings is 1. The highest BCUT2D eigenvalue weighted by atomic mass is 32.1. The third-order valence-corrected chi connectivity index (χ3v) is 5.26. The molecule has 4 nitrogen and oxygen atoms in total. The first-order chi connectivity index (χ1) is 11.7. The zero-order valence-electron chi connectivity index (χ0n) is 14.1. The highest BCUT2D eigenvalue weighted by Gasteiger charge is 2.19. The van der Waals surface area contributed by atoms with Crippen molar-refractivity contribution in [3.8, 4) is 5.75 Å². The molecule has 0 bridgehead atoms. The second kappa shape index (κ2) is 8.31. The number of amides is 1. The molecule has 5 heteroatoms. The molecule has 1 saturated heterocycles. The minimum absolute atomic E-state index is 0.251. The summed E-state index contributed by atoms with van der Waals surface area (Å²) in [5, 5.41) is 2.03. The van der Waals surface area contributed by atoms with Crippen molar-refractivity contribution < 1.29 is 9.53 Å². The van der Waals surface area contributed by atoms with Crippen molar-refractivity contribution >= 4 is 17.2 Å². The van der Waals surface area contributed by atoms with E-state index in [1.165, 1.54) is 5.56 Å². The first-order valence-electron chi connectivity index (χ1n) is 8.40. The van der Waals surface area contributed by atoms with E-state index in [0.717, 1.165) is 49.8 Å². The van der Waals surface area contributed by atoms with Crippen LogP contribution in [0.1, 0.15) is 16.9 Å². The zero-order valence-corrected chi connectivity index (χ0v) is 14.9. The van der Waals surface area contributed by atoms with Crippen LogP contribution in [-0.2, 0) is 17.8 Å². The van der Waals surface area contributed by atoms with Gasteiger partial charge in [-0.05, 0) is 35.6 Å². The number of benzene rings is 1. The lowest BCUT2D eigenvalue weighted by Gasteiger charge is -2.22. The third-order valence-electron chi connectivity index (χ3n) is 4.39. The van der Waals surface area contributed by atoms with E-state index >= 15 is 0 Å². The van der Waals surface area contributed by atoms with Gasteiger partial charge in [0.2, 0.25) is 5.91 Å². The maximum atomic E-state index is 12.5. The number of nitrogens with zero attached hydrogens (tertiary/aromatic N) is 2. The number of rotatable bonds is 5. The minimum Gasteiger partial charge on any atom is -0.497 e. The predicted octanol–water partition coefficient (Wildman–Crippen LogP) is 3.03. The second-order valence-corrected chi connectivity index (χ2v) is 7.15. The number of hydrogen-bond acceptors (Lipinski definition) is 4. The Hall–Kier alpha value is -1.85. The molecule has 0 N–H and O–H groups in total. The van der Waals surface area contributed by atoms with Crippen molar-refractivity contribution in [3.63, 3.8) is 0 Å². The Morgan fingerprint density at radius 3 is 2.88 bits per heavy atom. The molecule has 0 atom stereocenters. The van der Waals surface area contributed by atoms with Gasteiger partial charge in [-0.2, -0.15) is 0 Å². The van der Waals surface area contributed by atoms with E-state index in [1.54, 1.807) is 18.4 Å². The van der Waals surface area contributed by atoms with Gasteiger partial charge in [0.1, 0.15) is 5.75 Å². The zero-order chi connectivity index (χ0) is 16.8. The van der Waals surface area contributed by atoms with E-state index in [1.807, 2.05) is 34.5 Å². The van der Waals surface area contributed by atoms with Crippen molar-refractivity contribution in [3.05, 3.63) is 52.2 Å². The van der Waals surface area contributed by atoms with Gasteiger partial charge >= 0.3 is 0 Å². The van der Waals surface area contributed by atoms with Crippen LogP contribution in [0.2, 0.25) is 0 Å². The maximum absolute atomic E-state index is 12.5. The summed E-state index contributed by atoms with van der Waals surface area (Å²) in [5.41, 5.74) is 1.26. The number of hydrogen-bond donors (Lipinski definition) is 0. The Bertz CT molecular complexity index is 657. The summed E-state index contributed by atoms with van der Waals surface area (Å²) < 4.78 is 5.30. The van der Waals surface area contributed by atoms with Gasteiger partial charge in [0, 0.05) is 37.6 Å². The van der Waals surface area contributed by atoms with Crippen LogP contribution < -0.4 is 4.74 Å². The van der Waals surface area contributed by atoms with Crippen molar-refractivity contribution in [2.75, 3.05) is 33.3 Å². The van der Waals surface area contributed by atoms with Gasteiger partial charge in [0.25, 0.3) is 0 Å². The van der Waals surface area contributed by atoms with Gasteiger partial charge in [-0.3, -0.25) is 9.69 Å². The average molecular weight is 344 g/mol. The molecule has 0 saturated carbocycles. The Balaban J connectivity index is 1.53. The molecular weight excluding hydrogens is 320 g/mol. The summed E-state index contributed by atoms with van der Waals surface area (Å²) >= 11 is 1.66. The lowest BCUT2D eigenvalue weighted by molar-refractivity contribution is -0.130. The fourth-order valence-corrected chi connectivity index (χ4v) is 3.78. The monoisotopic (exact) mass is 344 g/mol. The molecule has 0 unspecified atom stereocenters. The molecule has 0 radical (unpaired) electrons. The molecule has 1 fully saturated rings. The standard InChI is InChI=1S/C19H24N2O2S/c1-23-17-6-2-5-16(13-17)15-20-8-4-9-21(11-10-20)19(22)14-18-7-3-12-24-18/h2-3,5-7,12-13H,4,8-11,14-15H2,1H3. The van der Waals surface area contributed by atoms with Crippen molar-refractivity contribution in [2.24, 2.45) is 0 Å². The van der Waals surface area contributed by atoms with Crippen LogP contribution in [0.5, 0.6) is 5.75 Å². The van der Waals surface area contributed by atoms with Gasteiger partial charge in [-0.15, -0.1) is 11.3 Å². The van der Waals surface area contributed by atoms with E-state index in [0.29, 0.717) is 6.42 Å². The number of carbonyl (C=O) groups excluding carboxylic acids is 1. The quantitative estimate of drug-likeness (QED) is 0.836. The van der Waals surface area contributed by atoms with Gasteiger partial charge in [-0.1, -0.05) is 18.2 Å². The number of methoxy groups -OCH3 is 1. The van der Waals surface area contributed by atoms with Crippen LogP contribution in [0.3, 0.4) is 0 Å². The normalized spacial score (nSPS) is 16.0. The summed E-state index contributed by atoms with van der Waals surface area (Å²) in [6.07, 6.45) is 1.56. The van der Waals surface area contributed by atoms with E-state index < -0.39 is 0 Å². The smallest absolute Gasteiger partial charge is 0.227 e. The second-order valence-electron chi connectivity index (χ2n) is 6.12. The van der Waals surface area contributed by atoms with Gasteiger partial charge in [-0.25, -0.2) is 0 Å². The lowest BCUT2D eigenvalue weighted by atomic mass is 10.2. The summed E-state index contributed by atoms with van der Waals surface area (Å²) in [6, 6.07) is 12.3. The van der Waals surface area contributed by atoms with Crippen LogP contribution in [-0.4, -0.2) is 49.0 Å². The summed E-state index contributed by atoms with van der Waals surface area (Å²) in [5.74, 6) is 1.15. The lowest BCUT2D eigenvalue weighted by Crippen LogP contribution is -2.35. The highest BCUT2D eigenvalue weighted by molar-refractivity contribution is 7.10. The molecule has 0 aliphatic carbocycles. The van der Waals surface area contributed by atoms with Crippen LogP contribution >= 0.6 is 11.3 Å². The fraction of sp³-hybridized carbons (Fsp3) is 0.421. The van der Waals surface area contributed by atoms with Crippen molar-refractivity contribution in [2.45, 2.75) is 19.4 Å². The molecule has 24 heavy (non-hydrogen) atoms. The van der Waals surface area contributed by atoms with Gasteiger partial charge in [0.15, 0.2) is 0 Å². The first-order valence-corrected chi connectivity index (χ1v) is 9.28. The van der Waals surface area contributed by atoms with E-state index in [-0.39, 0.29) is 5.91 Å². The molecule has 1 aliphatic rings. The Kier molecular flexibility index (Phi) is 5.88. The van der Waals surface area contributed by atoms with Crippen LogP contribution in [0.15, 0.2) is 41.8 Å². The third kappa shape index (κ3) is 4.58.